The molecule has 0 aromatic heterocycles. The van der Waals surface area contributed by atoms with Crippen molar-refractivity contribution in [2.45, 2.75) is 35.7 Å². The molecular weight excluding hydrogens is 361 g/mol. The van der Waals surface area contributed by atoms with E-state index in [-0.39, 0.29) is 0 Å². The first kappa shape index (κ1) is 20.5. The lowest BCUT2D eigenvalue weighted by molar-refractivity contribution is -0.137. The molecule has 0 amide bonds. The average molecular weight is 378 g/mol. The molecule has 24 heavy (non-hydrogen) atoms. The molecule has 0 saturated carbocycles. The van der Waals surface area contributed by atoms with E-state index in [9.17, 15) is 26.1 Å². The SMILES string of the molecule is CC(C)c1ccc([SH2+])cc1.O=S(=O)([O-])c1cccc(C(F)(F)F)c1. The Labute approximate surface area is 144 Å². The molecule has 2 aromatic rings. The van der Waals surface area contributed by atoms with Gasteiger partial charge in [0, 0.05) is 0 Å². The van der Waals surface area contributed by atoms with Gasteiger partial charge in [0.2, 0.25) is 0 Å². The molecule has 0 bridgehead atoms. The van der Waals surface area contributed by atoms with Crippen LogP contribution in [-0.2, 0) is 28.9 Å². The largest absolute Gasteiger partial charge is 0.744 e. The Hall–Kier alpha value is -1.51. The van der Waals surface area contributed by atoms with Crippen LogP contribution in [0, 0.1) is 0 Å². The summed E-state index contributed by atoms with van der Waals surface area (Å²) in [6, 6.07) is 11.1. The third kappa shape index (κ3) is 6.54. The van der Waals surface area contributed by atoms with Crippen molar-refractivity contribution in [2.24, 2.45) is 0 Å². The quantitative estimate of drug-likeness (QED) is 0.590. The van der Waals surface area contributed by atoms with Crippen LogP contribution in [0.15, 0.2) is 58.3 Å². The number of benzene rings is 2. The van der Waals surface area contributed by atoms with Crippen LogP contribution in [0.2, 0.25) is 0 Å². The Morgan fingerprint density at radius 1 is 1.04 bits per heavy atom. The summed E-state index contributed by atoms with van der Waals surface area (Å²) in [5.41, 5.74) is 0.233. The summed E-state index contributed by atoms with van der Waals surface area (Å²) in [5.74, 6) is 0.632. The van der Waals surface area contributed by atoms with Gasteiger partial charge in [-0.05, 0) is 54.4 Å². The Bertz CT molecular complexity index is 768. The van der Waals surface area contributed by atoms with Gasteiger partial charge in [-0.3, -0.25) is 0 Å². The molecule has 0 saturated heterocycles. The van der Waals surface area contributed by atoms with Crippen LogP contribution in [-0.4, -0.2) is 13.0 Å². The van der Waals surface area contributed by atoms with E-state index in [4.69, 9.17) is 0 Å². The predicted octanol–water partition coefficient (Wildman–Crippen LogP) is 3.79. The monoisotopic (exact) mass is 378 g/mol. The smallest absolute Gasteiger partial charge is 0.416 e. The van der Waals surface area contributed by atoms with Gasteiger partial charge >= 0.3 is 6.18 Å². The standard InChI is InChI=1S/C9H12S.C7H5F3O3S/c1-7(2)8-3-5-9(10)6-4-8;8-7(9,10)5-2-1-3-6(4-5)14(11,12)13/h3-7,10H,1-2H3;1-4H,(H,11,12,13). The molecule has 0 unspecified atom stereocenters. The highest BCUT2D eigenvalue weighted by Gasteiger charge is 2.30. The summed E-state index contributed by atoms with van der Waals surface area (Å²) >= 11 is 3.44. The lowest BCUT2D eigenvalue weighted by atomic mass is 10.0. The highest BCUT2D eigenvalue weighted by Crippen LogP contribution is 2.30. The minimum Gasteiger partial charge on any atom is -0.744 e. The highest BCUT2D eigenvalue weighted by molar-refractivity contribution is 7.85. The lowest BCUT2D eigenvalue weighted by Crippen LogP contribution is -2.07. The molecule has 0 heterocycles. The van der Waals surface area contributed by atoms with E-state index in [2.05, 4.69) is 50.7 Å². The number of alkyl halides is 3. The first-order valence-electron chi connectivity index (χ1n) is 6.86. The van der Waals surface area contributed by atoms with Crippen molar-refractivity contribution in [3.8, 4) is 0 Å². The Morgan fingerprint density at radius 3 is 2.00 bits per heavy atom. The van der Waals surface area contributed by atoms with Gasteiger partial charge in [0.15, 0.2) is 0 Å². The minimum absolute atomic E-state index is 0.308. The highest BCUT2D eigenvalue weighted by atomic mass is 32.2. The van der Waals surface area contributed by atoms with Crippen LogP contribution in [0.1, 0.15) is 30.9 Å². The maximum Gasteiger partial charge on any atom is 0.416 e. The van der Waals surface area contributed by atoms with Crippen molar-refractivity contribution in [1.82, 2.24) is 0 Å². The van der Waals surface area contributed by atoms with Gasteiger partial charge in [-0.25, -0.2) is 8.42 Å². The van der Waals surface area contributed by atoms with E-state index >= 15 is 0 Å². The molecule has 0 fully saturated rings. The fraction of sp³-hybridized carbons (Fsp3) is 0.250. The Morgan fingerprint density at radius 2 is 1.58 bits per heavy atom. The molecule has 0 radical (unpaired) electrons. The fourth-order valence-electron chi connectivity index (χ4n) is 1.70. The van der Waals surface area contributed by atoms with Crippen LogP contribution < -0.4 is 0 Å². The van der Waals surface area contributed by atoms with Crippen LogP contribution in [0.5, 0.6) is 0 Å². The van der Waals surface area contributed by atoms with Gasteiger partial charge in [0.25, 0.3) is 0 Å². The van der Waals surface area contributed by atoms with Gasteiger partial charge in [0.05, 0.1) is 10.5 Å². The van der Waals surface area contributed by atoms with E-state index in [1.54, 1.807) is 0 Å². The summed E-state index contributed by atoms with van der Waals surface area (Å²) in [4.78, 5) is 0.261. The molecule has 8 heteroatoms. The summed E-state index contributed by atoms with van der Waals surface area (Å²) in [5, 5.41) is 0. The van der Waals surface area contributed by atoms with E-state index in [1.807, 2.05) is 0 Å². The molecule has 2 rings (SSSR count). The van der Waals surface area contributed by atoms with E-state index in [1.165, 1.54) is 5.56 Å². The number of rotatable bonds is 2. The van der Waals surface area contributed by atoms with Gasteiger partial charge in [-0.2, -0.15) is 13.2 Å². The molecule has 0 aliphatic rings. The second kappa shape index (κ2) is 8.04. The normalized spacial score (nSPS) is 11.8. The summed E-state index contributed by atoms with van der Waals surface area (Å²) in [7, 11) is -4.84. The summed E-state index contributed by atoms with van der Waals surface area (Å²) in [6.45, 7) is 4.39. The van der Waals surface area contributed by atoms with Crippen molar-refractivity contribution in [3.63, 3.8) is 0 Å². The Balaban J connectivity index is 0.000000254. The number of hydrogen-bond acceptors (Lipinski definition) is 3. The second-order valence-corrected chi connectivity index (χ2v) is 7.21. The number of hydrogen-bond donors (Lipinski definition) is 0. The topological polar surface area (TPSA) is 57.2 Å². The maximum atomic E-state index is 12.1. The van der Waals surface area contributed by atoms with E-state index in [0.717, 1.165) is 17.0 Å². The molecular formula is C16H17F3O3S2. The average Bonchev–Trinajstić information content (AvgIpc) is 2.47. The number of halogens is 3. The van der Waals surface area contributed by atoms with Crippen molar-refractivity contribution in [2.75, 3.05) is 0 Å². The van der Waals surface area contributed by atoms with Crippen LogP contribution in [0.4, 0.5) is 13.2 Å². The zero-order chi connectivity index (χ0) is 18.5. The molecule has 0 aliphatic carbocycles. The predicted molar refractivity (Wildman–Crippen MR) is 88.4 cm³/mol. The lowest BCUT2D eigenvalue weighted by Gasteiger charge is -2.10. The zero-order valence-electron chi connectivity index (χ0n) is 13.0. The first-order valence-corrected chi connectivity index (χ1v) is 8.77. The third-order valence-electron chi connectivity index (χ3n) is 3.03. The minimum atomic E-state index is -4.84. The molecule has 0 aliphatic heterocycles. The van der Waals surface area contributed by atoms with Gasteiger partial charge in [-0.1, -0.05) is 32.0 Å². The molecule has 3 nitrogen and oxygen atoms in total. The third-order valence-corrected chi connectivity index (χ3v) is 4.19. The van der Waals surface area contributed by atoms with Gasteiger partial charge in [0.1, 0.15) is 15.0 Å². The van der Waals surface area contributed by atoms with Crippen LogP contribution in [0.3, 0.4) is 0 Å². The molecule has 0 N–H and O–H groups in total. The Kier molecular flexibility index (Phi) is 6.88. The van der Waals surface area contributed by atoms with Crippen LogP contribution in [0.25, 0.3) is 0 Å². The van der Waals surface area contributed by atoms with Crippen molar-refractivity contribution < 1.29 is 26.1 Å². The van der Waals surface area contributed by atoms with Crippen molar-refractivity contribution in [1.29, 1.82) is 0 Å². The van der Waals surface area contributed by atoms with Crippen molar-refractivity contribution >= 4 is 22.7 Å². The second-order valence-electron chi connectivity index (χ2n) is 5.26. The fourth-order valence-corrected chi connectivity index (χ4v) is 2.38. The van der Waals surface area contributed by atoms with Crippen LogP contribution >= 0.6 is 0 Å². The van der Waals surface area contributed by atoms with E-state index in [0.29, 0.717) is 18.1 Å². The maximum absolute atomic E-state index is 12.1. The first-order chi connectivity index (χ1) is 10.9. The van der Waals surface area contributed by atoms with Gasteiger partial charge in [-0.15, -0.1) is 0 Å². The van der Waals surface area contributed by atoms with Gasteiger partial charge < -0.3 is 4.55 Å². The van der Waals surface area contributed by atoms with Crippen molar-refractivity contribution in [3.05, 3.63) is 59.7 Å². The molecule has 2 aromatic carbocycles. The molecule has 0 spiro atoms. The van der Waals surface area contributed by atoms with E-state index < -0.39 is 26.8 Å². The summed E-state index contributed by atoms with van der Waals surface area (Å²) in [6.07, 6.45) is -4.65. The molecule has 132 valence electrons. The molecule has 0 atom stereocenters. The summed E-state index contributed by atoms with van der Waals surface area (Å²) < 4.78 is 67.3. The zero-order valence-corrected chi connectivity index (χ0v) is 14.8.